The maximum absolute atomic E-state index is 4.97. The maximum Gasteiger partial charge on any atom is 0.0762 e. The molecule has 5 heavy (non-hydrogen) atoms. The zero-order chi connectivity index (χ0) is 4.28. The summed E-state index contributed by atoms with van der Waals surface area (Å²) in [6, 6.07) is 0. The smallest absolute Gasteiger partial charge is 0.0762 e. The Kier molecular flexibility index (Phi) is 2.10. The summed E-state index contributed by atoms with van der Waals surface area (Å²) in [7, 11) is 0. The fourth-order valence-electron chi connectivity index (χ4n) is 0. The molecule has 0 saturated carbocycles. The van der Waals surface area contributed by atoms with Gasteiger partial charge >= 0.3 is 0 Å². The van der Waals surface area contributed by atoms with E-state index in [4.69, 9.17) is 5.73 Å². The highest BCUT2D eigenvalue weighted by Crippen LogP contribution is 1.67. The minimum Gasteiger partial charge on any atom is -0.393 e. The van der Waals surface area contributed by atoms with E-state index in [0.29, 0.717) is 4.99 Å². The molecule has 0 saturated heterocycles. The number of thiocarbonyl (C=S) groups is 1. The second-order valence-corrected chi connectivity index (χ2v) is 1.16. The van der Waals surface area contributed by atoms with E-state index >= 15 is 0 Å². The largest absolute Gasteiger partial charge is 0.393 e. The molecule has 0 aromatic carbocycles. The minimum atomic E-state index is 0.463. The zero-order valence-corrected chi connectivity index (χ0v) is 3.88. The highest BCUT2D eigenvalue weighted by Gasteiger charge is 1.72. The van der Waals surface area contributed by atoms with E-state index in [-0.39, 0.29) is 0 Å². The Morgan fingerprint density at radius 3 is 2.20 bits per heavy atom. The summed E-state index contributed by atoms with van der Waals surface area (Å²) in [5.74, 6) is 0. The van der Waals surface area contributed by atoms with Crippen molar-refractivity contribution in [2.45, 2.75) is 6.92 Å². The average molecular weight is 88.2 g/mol. The molecule has 0 aromatic rings. The van der Waals surface area contributed by atoms with E-state index in [2.05, 4.69) is 12.2 Å². The van der Waals surface area contributed by atoms with Crippen LogP contribution in [0.5, 0.6) is 0 Å². The third-order valence-corrected chi connectivity index (χ3v) is 0.520. The molecule has 0 aliphatic carbocycles. The Morgan fingerprint density at radius 2 is 2.20 bits per heavy atom. The molecule has 1 radical (unpaired) electrons. The Bertz CT molecular complexity index is 42.2. The lowest BCUT2D eigenvalue weighted by Crippen LogP contribution is -2.04. The molecule has 29 valence electrons. The van der Waals surface area contributed by atoms with Crippen LogP contribution in [0.1, 0.15) is 6.92 Å². The molecule has 0 aromatic heterocycles. The first-order valence-electron chi connectivity index (χ1n) is 1.36. The summed E-state index contributed by atoms with van der Waals surface area (Å²) in [4.78, 5) is 0.463. The van der Waals surface area contributed by atoms with Crippen molar-refractivity contribution in [3.63, 3.8) is 0 Å². The second-order valence-electron chi connectivity index (χ2n) is 0.691. The van der Waals surface area contributed by atoms with Crippen molar-refractivity contribution in [1.29, 1.82) is 0 Å². The SMILES string of the molecule is C[CH]C(N)=S. The van der Waals surface area contributed by atoms with Crippen LogP contribution in [-0.2, 0) is 0 Å². The minimum absolute atomic E-state index is 0.463. The molecule has 0 unspecified atom stereocenters. The van der Waals surface area contributed by atoms with E-state index in [0.717, 1.165) is 0 Å². The van der Waals surface area contributed by atoms with Crippen LogP contribution in [-0.4, -0.2) is 4.99 Å². The molecular formula is C3H6NS. The summed E-state index contributed by atoms with van der Waals surface area (Å²) < 4.78 is 0. The molecule has 0 spiro atoms. The molecule has 2 N–H and O–H groups in total. The summed E-state index contributed by atoms with van der Waals surface area (Å²) >= 11 is 4.42. The summed E-state index contributed by atoms with van der Waals surface area (Å²) in [6.45, 7) is 1.81. The summed E-state index contributed by atoms with van der Waals surface area (Å²) in [5, 5.41) is 0. The van der Waals surface area contributed by atoms with Gasteiger partial charge in [0.15, 0.2) is 0 Å². The number of hydrogen-bond acceptors (Lipinski definition) is 1. The standard InChI is InChI=1S/C3H6NS/c1-2-3(4)5/h2H,1H3,(H2,4,5). The maximum atomic E-state index is 4.97. The number of hydrogen-bond donors (Lipinski definition) is 1. The van der Waals surface area contributed by atoms with Crippen molar-refractivity contribution in [1.82, 2.24) is 0 Å². The normalized spacial score (nSPS) is 7.40. The van der Waals surface area contributed by atoms with Gasteiger partial charge in [-0.25, -0.2) is 0 Å². The van der Waals surface area contributed by atoms with Crippen molar-refractivity contribution in [2.75, 3.05) is 0 Å². The first-order valence-corrected chi connectivity index (χ1v) is 1.77. The van der Waals surface area contributed by atoms with E-state index in [1.807, 2.05) is 6.92 Å². The van der Waals surface area contributed by atoms with Crippen LogP contribution in [0.3, 0.4) is 0 Å². The van der Waals surface area contributed by atoms with Gasteiger partial charge in [0, 0.05) is 6.42 Å². The lowest BCUT2D eigenvalue weighted by molar-refractivity contribution is 1.60. The van der Waals surface area contributed by atoms with Gasteiger partial charge in [0.1, 0.15) is 0 Å². The van der Waals surface area contributed by atoms with Crippen LogP contribution in [0.4, 0.5) is 0 Å². The highest BCUT2D eigenvalue weighted by molar-refractivity contribution is 7.80. The Morgan fingerprint density at radius 1 is 2.00 bits per heavy atom. The van der Waals surface area contributed by atoms with Crippen molar-refractivity contribution in [2.24, 2.45) is 5.73 Å². The Labute approximate surface area is 37.2 Å². The molecule has 0 aliphatic rings. The Balaban J connectivity index is 2.85. The lowest BCUT2D eigenvalue weighted by Gasteiger charge is -1.77. The Hall–Kier alpha value is -0.110. The van der Waals surface area contributed by atoms with Gasteiger partial charge in [0.05, 0.1) is 4.99 Å². The van der Waals surface area contributed by atoms with Gasteiger partial charge in [-0.2, -0.15) is 0 Å². The molecular weight excluding hydrogens is 82.1 g/mol. The van der Waals surface area contributed by atoms with Crippen molar-refractivity contribution in [3.05, 3.63) is 6.42 Å². The van der Waals surface area contributed by atoms with Gasteiger partial charge in [0.25, 0.3) is 0 Å². The van der Waals surface area contributed by atoms with Gasteiger partial charge in [-0.15, -0.1) is 0 Å². The van der Waals surface area contributed by atoms with E-state index in [1.165, 1.54) is 0 Å². The first-order chi connectivity index (χ1) is 2.27. The van der Waals surface area contributed by atoms with Gasteiger partial charge in [-0.1, -0.05) is 19.1 Å². The third kappa shape index (κ3) is 3.89. The zero-order valence-electron chi connectivity index (χ0n) is 3.06. The van der Waals surface area contributed by atoms with Crippen molar-refractivity contribution < 1.29 is 0 Å². The van der Waals surface area contributed by atoms with Crippen molar-refractivity contribution >= 4 is 17.2 Å². The molecule has 0 heterocycles. The van der Waals surface area contributed by atoms with Crippen LogP contribution in [0.25, 0.3) is 0 Å². The lowest BCUT2D eigenvalue weighted by atomic mass is 10.5. The molecule has 1 nitrogen and oxygen atoms in total. The third-order valence-electron chi connectivity index (χ3n) is 0.285. The van der Waals surface area contributed by atoms with Gasteiger partial charge in [-0.3, -0.25) is 0 Å². The predicted octanol–water partition coefficient (Wildman–Crippen LogP) is 0.497. The number of rotatable bonds is 1. The van der Waals surface area contributed by atoms with Crippen LogP contribution >= 0.6 is 12.2 Å². The fraction of sp³-hybridized carbons (Fsp3) is 0.333. The number of nitrogens with two attached hydrogens (primary N) is 1. The second kappa shape index (κ2) is 2.15. The molecule has 0 bridgehead atoms. The quantitative estimate of drug-likeness (QED) is 0.472. The first kappa shape index (κ1) is 4.89. The monoisotopic (exact) mass is 88.0 g/mol. The average Bonchev–Trinajstić information content (AvgIpc) is 1.38. The highest BCUT2D eigenvalue weighted by atomic mass is 32.1. The molecule has 0 fully saturated rings. The molecule has 2 heteroatoms. The van der Waals surface area contributed by atoms with E-state index < -0.39 is 0 Å². The van der Waals surface area contributed by atoms with E-state index in [9.17, 15) is 0 Å². The molecule has 0 aliphatic heterocycles. The van der Waals surface area contributed by atoms with Gasteiger partial charge in [0.2, 0.25) is 0 Å². The summed E-state index contributed by atoms with van der Waals surface area (Å²) in [6.07, 6.45) is 1.68. The van der Waals surface area contributed by atoms with Crippen LogP contribution in [0.15, 0.2) is 0 Å². The predicted molar refractivity (Wildman–Crippen MR) is 26.8 cm³/mol. The van der Waals surface area contributed by atoms with Gasteiger partial charge < -0.3 is 5.73 Å². The van der Waals surface area contributed by atoms with Crippen LogP contribution in [0.2, 0.25) is 0 Å². The van der Waals surface area contributed by atoms with Crippen LogP contribution in [0, 0.1) is 6.42 Å². The summed E-state index contributed by atoms with van der Waals surface area (Å²) in [5.41, 5.74) is 4.97. The topological polar surface area (TPSA) is 26.0 Å². The molecule has 0 amide bonds. The van der Waals surface area contributed by atoms with Crippen molar-refractivity contribution in [3.8, 4) is 0 Å². The molecule has 0 rings (SSSR count). The molecule has 0 atom stereocenters. The van der Waals surface area contributed by atoms with Crippen LogP contribution < -0.4 is 5.73 Å². The van der Waals surface area contributed by atoms with E-state index in [1.54, 1.807) is 6.42 Å². The fourth-order valence-corrected chi connectivity index (χ4v) is 0. The van der Waals surface area contributed by atoms with Gasteiger partial charge in [-0.05, 0) is 0 Å².